The van der Waals surface area contributed by atoms with Crippen LogP contribution in [0.5, 0.6) is 0 Å². The number of hydrogen-bond donors (Lipinski definition) is 0. The fourth-order valence-electron chi connectivity index (χ4n) is 6.84. The zero-order chi connectivity index (χ0) is 32.4. The number of aromatic nitrogens is 2. The summed E-state index contributed by atoms with van der Waals surface area (Å²) >= 11 is 0. The summed E-state index contributed by atoms with van der Waals surface area (Å²) in [6.07, 6.45) is 6.23. The van der Waals surface area contributed by atoms with Crippen LogP contribution >= 0.6 is 37.2 Å². The van der Waals surface area contributed by atoms with E-state index in [0.717, 1.165) is 50.4 Å². The van der Waals surface area contributed by atoms with E-state index in [2.05, 4.69) is 131 Å². The Morgan fingerprint density at radius 1 is 0.592 bits per heavy atom. The monoisotopic (exact) mass is 716 g/mol. The quantitative estimate of drug-likeness (QED) is 0.160. The first kappa shape index (κ1) is 40.0. The van der Waals surface area contributed by atoms with Crippen LogP contribution in [-0.2, 0) is 13.1 Å². The van der Waals surface area contributed by atoms with Crippen LogP contribution in [0, 0.1) is 48.5 Å². The number of anilines is 1. The molecule has 0 amide bonds. The van der Waals surface area contributed by atoms with Crippen LogP contribution in [0.4, 0.5) is 5.69 Å². The van der Waals surface area contributed by atoms with Crippen molar-refractivity contribution in [2.75, 3.05) is 18.0 Å². The van der Waals surface area contributed by atoms with Crippen molar-refractivity contribution in [1.82, 2.24) is 14.9 Å². The molecular weight excluding hydrogens is 667 g/mol. The number of piperidine rings is 1. The van der Waals surface area contributed by atoms with E-state index in [1.807, 2.05) is 12.4 Å². The third kappa shape index (κ3) is 9.43. The Kier molecular flexibility index (Phi) is 14.3. The summed E-state index contributed by atoms with van der Waals surface area (Å²) in [6, 6.07) is 27.6. The van der Waals surface area contributed by atoms with E-state index in [9.17, 15) is 0 Å². The predicted molar refractivity (Wildman–Crippen MR) is 215 cm³/mol. The van der Waals surface area contributed by atoms with Gasteiger partial charge in [0.2, 0.25) is 0 Å². The largest absolute Gasteiger partial charge is 0.364 e. The van der Waals surface area contributed by atoms with Gasteiger partial charge < -0.3 is 4.90 Å². The molecule has 1 fully saturated rings. The zero-order valence-corrected chi connectivity index (χ0v) is 32.4. The maximum Gasteiger partial charge on any atom is 0.0705 e. The summed E-state index contributed by atoms with van der Waals surface area (Å²) < 4.78 is 0. The van der Waals surface area contributed by atoms with Gasteiger partial charge in [0, 0.05) is 61.4 Å². The number of hydrogen-bond acceptors (Lipinski definition) is 4. The van der Waals surface area contributed by atoms with Gasteiger partial charge in [-0.3, -0.25) is 14.9 Å². The standard InChI is InChI=1S/C42H48N4.3ClH/c1-28-8-10-39(11-9-28)46(27-36-13-17-44-42(25-36)38-22-31(4)34(7)32(5)23-38)40-14-18-45(19-15-40)26-35-12-16-43-41(24-35)37-20-29(2)33(6)30(3)21-37;;;/h8-13,16-17,20-25,40H,14-15,18-19,26-27H2,1-7H3;3*1H. The van der Waals surface area contributed by atoms with Crippen LogP contribution in [0.3, 0.4) is 0 Å². The van der Waals surface area contributed by atoms with E-state index < -0.39 is 0 Å². The first-order chi connectivity index (χ1) is 22.1. The van der Waals surface area contributed by atoms with Crippen molar-refractivity contribution in [1.29, 1.82) is 0 Å². The molecule has 7 heteroatoms. The van der Waals surface area contributed by atoms with E-state index in [1.54, 1.807) is 0 Å². The molecule has 0 saturated carbocycles. The summed E-state index contributed by atoms with van der Waals surface area (Å²) in [7, 11) is 0. The van der Waals surface area contributed by atoms with Crippen molar-refractivity contribution in [2.45, 2.75) is 80.4 Å². The van der Waals surface area contributed by atoms with Crippen LogP contribution in [-0.4, -0.2) is 34.0 Å². The van der Waals surface area contributed by atoms with Crippen LogP contribution in [0.2, 0.25) is 0 Å². The van der Waals surface area contributed by atoms with Crippen molar-refractivity contribution in [3.63, 3.8) is 0 Å². The normalized spacial score (nSPS) is 13.2. The maximum atomic E-state index is 4.78. The molecule has 1 aliphatic heterocycles. The number of pyridine rings is 2. The molecule has 260 valence electrons. The molecule has 0 spiro atoms. The summed E-state index contributed by atoms with van der Waals surface area (Å²) in [5.41, 5.74) is 17.8. The summed E-state index contributed by atoms with van der Waals surface area (Å²) in [6.45, 7) is 19.3. The summed E-state index contributed by atoms with van der Waals surface area (Å²) in [5, 5.41) is 0. The average molecular weight is 718 g/mol. The highest BCUT2D eigenvalue weighted by Crippen LogP contribution is 2.30. The van der Waals surface area contributed by atoms with Crippen LogP contribution < -0.4 is 4.90 Å². The van der Waals surface area contributed by atoms with Crippen molar-refractivity contribution in [3.05, 3.63) is 135 Å². The Balaban J connectivity index is 0.00000217. The number of rotatable bonds is 8. The van der Waals surface area contributed by atoms with Crippen LogP contribution in [0.25, 0.3) is 22.5 Å². The van der Waals surface area contributed by atoms with Gasteiger partial charge in [0.05, 0.1) is 11.4 Å². The fourth-order valence-corrected chi connectivity index (χ4v) is 6.84. The van der Waals surface area contributed by atoms with E-state index in [1.165, 1.54) is 66.9 Å². The predicted octanol–water partition coefficient (Wildman–Crippen LogP) is 10.9. The zero-order valence-electron chi connectivity index (χ0n) is 29.9. The smallest absolute Gasteiger partial charge is 0.0705 e. The number of nitrogens with zero attached hydrogens (tertiary/aromatic N) is 4. The molecule has 0 bridgehead atoms. The van der Waals surface area contributed by atoms with Gasteiger partial charge in [0.15, 0.2) is 0 Å². The minimum atomic E-state index is 0. The highest BCUT2D eigenvalue weighted by molar-refractivity contribution is 5.86. The number of benzene rings is 3. The van der Waals surface area contributed by atoms with Gasteiger partial charge in [-0.05, 0) is 166 Å². The second kappa shape index (κ2) is 17.5. The minimum absolute atomic E-state index is 0. The Morgan fingerprint density at radius 2 is 1.04 bits per heavy atom. The van der Waals surface area contributed by atoms with Gasteiger partial charge in [-0.15, -0.1) is 37.2 Å². The van der Waals surface area contributed by atoms with E-state index in [-0.39, 0.29) is 37.2 Å². The Labute approximate surface area is 312 Å². The first-order valence-corrected chi connectivity index (χ1v) is 16.8. The molecular formula is C42H51Cl3N4. The summed E-state index contributed by atoms with van der Waals surface area (Å²) in [5.74, 6) is 0. The maximum absolute atomic E-state index is 4.78. The lowest BCUT2D eigenvalue weighted by Gasteiger charge is -2.40. The highest BCUT2D eigenvalue weighted by atomic mass is 35.5. The number of aryl methyl sites for hydroxylation is 5. The third-order valence-electron chi connectivity index (χ3n) is 10.2. The summed E-state index contributed by atoms with van der Waals surface area (Å²) in [4.78, 5) is 14.8. The Bertz CT molecular complexity index is 1800. The van der Waals surface area contributed by atoms with Gasteiger partial charge >= 0.3 is 0 Å². The molecule has 4 nitrogen and oxygen atoms in total. The highest BCUT2D eigenvalue weighted by Gasteiger charge is 2.26. The average Bonchev–Trinajstić information content (AvgIpc) is 3.06. The lowest BCUT2D eigenvalue weighted by atomic mass is 9.97. The van der Waals surface area contributed by atoms with Gasteiger partial charge in [-0.25, -0.2) is 0 Å². The van der Waals surface area contributed by atoms with Gasteiger partial charge in [0.25, 0.3) is 0 Å². The SMILES string of the molecule is Cc1ccc(N(Cc2ccnc(-c3cc(C)c(C)c(C)c3)c2)C2CCN(Cc3ccnc(-c4cc(C)c(C)c(C)c4)c3)CC2)cc1.Cl.Cl.Cl. The lowest BCUT2D eigenvalue weighted by molar-refractivity contribution is 0.201. The van der Waals surface area contributed by atoms with Crippen molar-refractivity contribution < 1.29 is 0 Å². The minimum Gasteiger partial charge on any atom is -0.364 e. The molecule has 0 aliphatic carbocycles. The van der Waals surface area contributed by atoms with Gasteiger partial charge in [0.1, 0.15) is 0 Å². The molecule has 5 aromatic rings. The number of halogens is 3. The van der Waals surface area contributed by atoms with Crippen molar-refractivity contribution in [2.24, 2.45) is 0 Å². The molecule has 0 unspecified atom stereocenters. The van der Waals surface area contributed by atoms with Crippen molar-refractivity contribution in [3.8, 4) is 22.5 Å². The molecule has 3 heterocycles. The topological polar surface area (TPSA) is 32.3 Å². The van der Waals surface area contributed by atoms with Crippen LogP contribution in [0.1, 0.15) is 62.9 Å². The van der Waals surface area contributed by atoms with E-state index in [4.69, 9.17) is 9.97 Å². The molecule has 49 heavy (non-hydrogen) atoms. The van der Waals surface area contributed by atoms with Crippen LogP contribution in [0.15, 0.2) is 85.2 Å². The molecule has 1 aliphatic rings. The molecule has 3 aromatic carbocycles. The molecule has 0 radical (unpaired) electrons. The fraction of sp³-hybridized carbons (Fsp3) is 0.333. The molecule has 1 saturated heterocycles. The lowest BCUT2D eigenvalue weighted by Crippen LogP contribution is -2.44. The molecule has 0 atom stereocenters. The number of likely N-dealkylation sites (tertiary alicyclic amines) is 1. The second-order valence-corrected chi connectivity index (χ2v) is 13.5. The van der Waals surface area contributed by atoms with Gasteiger partial charge in [-0.1, -0.05) is 17.7 Å². The van der Waals surface area contributed by atoms with Gasteiger partial charge in [-0.2, -0.15) is 0 Å². The van der Waals surface area contributed by atoms with E-state index >= 15 is 0 Å². The van der Waals surface area contributed by atoms with Crippen molar-refractivity contribution >= 4 is 42.9 Å². The van der Waals surface area contributed by atoms with E-state index in [0.29, 0.717) is 6.04 Å². The third-order valence-corrected chi connectivity index (χ3v) is 10.2. The molecule has 6 rings (SSSR count). The molecule has 2 aromatic heterocycles. The Morgan fingerprint density at radius 3 is 1.53 bits per heavy atom. The Hall–Kier alpha value is -3.41. The second-order valence-electron chi connectivity index (χ2n) is 13.5. The first-order valence-electron chi connectivity index (χ1n) is 16.8. The molecule has 0 N–H and O–H groups in total.